The number of nitrogens with zero attached hydrogens (tertiary/aromatic N) is 2. The lowest BCUT2D eigenvalue weighted by atomic mass is 9.73. The van der Waals surface area contributed by atoms with Crippen molar-refractivity contribution in [1.82, 2.24) is 15.1 Å². The third kappa shape index (κ3) is 4.91. The maximum absolute atomic E-state index is 13.4. The van der Waals surface area contributed by atoms with Gasteiger partial charge in [-0.25, -0.2) is 0 Å². The molecule has 1 aromatic heterocycles. The number of hydrogen-bond acceptors (Lipinski definition) is 3. The fourth-order valence-corrected chi connectivity index (χ4v) is 4.60. The smallest absolute Gasteiger partial charge is 0.231 e. The van der Waals surface area contributed by atoms with Crippen molar-refractivity contribution < 1.29 is 9.53 Å². The van der Waals surface area contributed by atoms with Gasteiger partial charge in [-0.1, -0.05) is 52.3 Å². The van der Waals surface area contributed by atoms with Gasteiger partial charge in [-0.05, 0) is 61.6 Å². The molecular formula is C25H28BrN3O2. The number of rotatable bonds is 6. The maximum atomic E-state index is 13.4. The number of benzene rings is 2. The zero-order valence-corrected chi connectivity index (χ0v) is 19.6. The van der Waals surface area contributed by atoms with Gasteiger partial charge in [-0.3, -0.25) is 9.48 Å². The fraction of sp³-hybridized carbons (Fsp3) is 0.360. The molecule has 2 heterocycles. The number of carbonyl (C=O) groups is 1. The number of aromatic nitrogens is 2. The number of hydrogen-bond donors (Lipinski definition) is 1. The van der Waals surface area contributed by atoms with Crippen LogP contribution in [0.15, 0.2) is 59.1 Å². The highest BCUT2D eigenvalue weighted by Gasteiger charge is 2.41. The number of aryl methyl sites for hydroxylation is 2. The van der Waals surface area contributed by atoms with Crippen molar-refractivity contribution in [2.24, 2.45) is 0 Å². The van der Waals surface area contributed by atoms with Gasteiger partial charge in [0.25, 0.3) is 0 Å². The van der Waals surface area contributed by atoms with E-state index < -0.39 is 5.41 Å². The van der Waals surface area contributed by atoms with Crippen LogP contribution in [-0.4, -0.2) is 28.9 Å². The first kappa shape index (κ1) is 21.8. The van der Waals surface area contributed by atoms with Crippen molar-refractivity contribution >= 4 is 21.8 Å². The Morgan fingerprint density at radius 3 is 2.48 bits per heavy atom. The molecule has 1 aliphatic heterocycles. The van der Waals surface area contributed by atoms with Crippen molar-refractivity contribution in [3.05, 3.63) is 87.1 Å². The Morgan fingerprint density at radius 2 is 1.81 bits per heavy atom. The van der Waals surface area contributed by atoms with E-state index in [1.54, 1.807) is 0 Å². The number of carbonyl (C=O) groups excluding carboxylic acids is 1. The topological polar surface area (TPSA) is 56.2 Å². The van der Waals surface area contributed by atoms with Crippen molar-refractivity contribution in [2.45, 2.75) is 45.2 Å². The molecule has 1 amide bonds. The van der Waals surface area contributed by atoms with E-state index in [0.29, 0.717) is 32.6 Å². The summed E-state index contributed by atoms with van der Waals surface area (Å²) in [6.07, 6.45) is 1.39. The van der Waals surface area contributed by atoms with Crippen LogP contribution in [0.4, 0.5) is 0 Å². The van der Waals surface area contributed by atoms with E-state index in [-0.39, 0.29) is 5.91 Å². The van der Waals surface area contributed by atoms with E-state index in [1.807, 2.05) is 41.9 Å². The minimum atomic E-state index is -0.541. The predicted octanol–water partition coefficient (Wildman–Crippen LogP) is 4.68. The molecule has 0 aliphatic carbocycles. The molecule has 0 spiro atoms. The molecule has 0 unspecified atom stereocenters. The van der Waals surface area contributed by atoms with E-state index in [2.05, 4.69) is 57.5 Å². The normalized spacial score (nSPS) is 15.6. The summed E-state index contributed by atoms with van der Waals surface area (Å²) in [6, 6.07) is 18.5. The lowest BCUT2D eigenvalue weighted by Crippen LogP contribution is -2.47. The molecule has 0 atom stereocenters. The standard InChI is InChI=1S/C25H28BrN3O2/c1-18-14-19(2)29(28-18)17-21-5-3-4-20(15-21)16-27-24(30)25(10-12-31-13-11-25)22-6-8-23(26)9-7-22/h3-9,14-15H,10-13,16-17H2,1-2H3,(H,27,30). The van der Waals surface area contributed by atoms with Crippen LogP contribution in [0.3, 0.4) is 0 Å². The monoisotopic (exact) mass is 481 g/mol. The molecule has 3 aromatic rings. The third-order valence-corrected chi connectivity index (χ3v) is 6.59. The summed E-state index contributed by atoms with van der Waals surface area (Å²) in [4.78, 5) is 13.4. The SMILES string of the molecule is Cc1cc(C)n(Cc2cccc(CNC(=O)C3(c4ccc(Br)cc4)CCOCC3)c2)n1. The molecule has 1 fully saturated rings. The number of amides is 1. The molecule has 162 valence electrons. The molecule has 1 N–H and O–H groups in total. The van der Waals surface area contributed by atoms with Crippen LogP contribution in [0.25, 0.3) is 0 Å². The first-order valence-electron chi connectivity index (χ1n) is 10.7. The van der Waals surface area contributed by atoms with Crippen molar-refractivity contribution in [2.75, 3.05) is 13.2 Å². The summed E-state index contributed by atoms with van der Waals surface area (Å²) >= 11 is 3.49. The van der Waals surface area contributed by atoms with Gasteiger partial charge in [-0.2, -0.15) is 5.10 Å². The molecule has 1 aliphatic rings. The first-order chi connectivity index (χ1) is 15.0. The first-order valence-corrected chi connectivity index (χ1v) is 11.5. The highest BCUT2D eigenvalue weighted by Crippen LogP contribution is 2.36. The molecule has 5 nitrogen and oxygen atoms in total. The van der Waals surface area contributed by atoms with Gasteiger partial charge in [0, 0.05) is 29.9 Å². The van der Waals surface area contributed by atoms with Gasteiger partial charge in [-0.15, -0.1) is 0 Å². The zero-order valence-electron chi connectivity index (χ0n) is 18.0. The highest BCUT2D eigenvalue weighted by atomic mass is 79.9. The van der Waals surface area contributed by atoms with Crippen LogP contribution < -0.4 is 5.32 Å². The van der Waals surface area contributed by atoms with Gasteiger partial charge in [0.1, 0.15) is 0 Å². The quantitative estimate of drug-likeness (QED) is 0.556. The van der Waals surface area contributed by atoms with Crippen molar-refractivity contribution in [3.63, 3.8) is 0 Å². The zero-order chi connectivity index (χ0) is 21.8. The molecule has 0 saturated carbocycles. The number of halogens is 1. The second-order valence-electron chi connectivity index (χ2n) is 8.29. The second kappa shape index (κ2) is 9.37. The largest absolute Gasteiger partial charge is 0.381 e. The summed E-state index contributed by atoms with van der Waals surface area (Å²) in [5, 5.41) is 7.75. The van der Waals surface area contributed by atoms with Gasteiger partial charge in [0.15, 0.2) is 0 Å². The minimum absolute atomic E-state index is 0.0714. The Bertz CT molecular complexity index is 1050. The third-order valence-electron chi connectivity index (χ3n) is 6.06. The van der Waals surface area contributed by atoms with Crippen molar-refractivity contribution in [3.8, 4) is 0 Å². The summed E-state index contributed by atoms with van der Waals surface area (Å²) < 4.78 is 8.59. The Hall–Kier alpha value is -2.44. The second-order valence-corrected chi connectivity index (χ2v) is 9.20. The maximum Gasteiger partial charge on any atom is 0.231 e. The molecule has 2 aromatic carbocycles. The number of ether oxygens (including phenoxy) is 1. The summed E-state index contributed by atoms with van der Waals surface area (Å²) in [5.41, 5.74) is 4.94. The van der Waals surface area contributed by atoms with Crippen LogP contribution in [0, 0.1) is 13.8 Å². The molecule has 6 heteroatoms. The van der Waals surface area contributed by atoms with Crippen LogP contribution in [0.5, 0.6) is 0 Å². The van der Waals surface area contributed by atoms with Crippen LogP contribution >= 0.6 is 15.9 Å². The summed E-state index contributed by atoms with van der Waals surface area (Å²) in [5.74, 6) is 0.0714. The molecular weight excluding hydrogens is 454 g/mol. The van der Waals surface area contributed by atoms with Gasteiger partial charge >= 0.3 is 0 Å². The fourth-order valence-electron chi connectivity index (χ4n) is 4.33. The Morgan fingerprint density at radius 1 is 1.10 bits per heavy atom. The van der Waals surface area contributed by atoms with E-state index in [4.69, 9.17) is 4.74 Å². The van der Waals surface area contributed by atoms with Gasteiger partial charge in [0.2, 0.25) is 5.91 Å². The van der Waals surface area contributed by atoms with E-state index >= 15 is 0 Å². The van der Waals surface area contributed by atoms with Gasteiger partial charge in [0.05, 0.1) is 17.7 Å². The molecule has 31 heavy (non-hydrogen) atoms. The highest BCUT2D eigenvalue weighted by molar-refractivity contribution is 9.10. The lowest BCUT2D eigenvalue weighted by molar-refractivity contribution is -0.130. The number of nitrogens with one attached hydrogen (secondary N) is 1. The minimum Gasteiger partial charge on any atom is -0.381 e. The van der Waals surface area contributed by atoms with E-state index in [1.165, 1.54) is 5.56 Å². The van der Waals surface area contributed by atoms with Gasteiger partial charge < -0.3 is 10.1 Å². The Labute approximate surface area is 191 Å². The summed E-state index contributed by atoms with van der Waals surface area (Å²) in [7, 11) is 0. The average Bonchev–Trinajstić information content (AvgIpc) is 3.09. The average molecular weight is 482 g/mol. The molecule has 4 rings (SSSR count). The molecule has 0 radical (unpaired) electrons. The molecule has 1 saturated heterocycles. The van der Waals surface area contributed by atoms with Crippen LogP contribution in [-0.2, 0) is 28.0 Å². The van der Waals surface area contributed by atoms with Crippen LogP contribution in [0.1, 0.15) is 40.9 Å². The Balaban J connectivity index is 1.48. The lowest BCUT2D eigenvalue weighted by Gasteiger charge is -2.36. The van der Waals surface area contributed by atoms with Crippen LogP contribution in [0.2, 0.25) is 0 Å². The van der Waals surface area contributed by atoms with E-state index in [0.717, 1.165) is 33.5 Å². The molecule has 0 bridgehead atoms. The van der Waals surface area contributed by atoms with E-state index in [9.17, 15) is 4.79 Å². The Kier molecular flexibility index (Phi) is 6.58. The summed E-state index contributed by atoms with van der Waals surface area (Å²) in [6.45, 7) is 6.50. The predicted molar refractivity (Wildman–Crippen MR) is 125 cm³/mol. The van der Waals surface area contributed by atoms with Crippen molar-refractivity contribution in [1.29, 1.82) is 0 Å².